The van der Waals surface area contributed by atoms with Gasteiger partial charge in [-0.2, -0.15) is 0 Å². The highest BCUT2D eigenvalue weighted by molar-refractivity contribution is 7.93. The van der Waals surface area contributed by atoms with Gasteiger partial charge in [-0.1, -0.05) is 13.0 Å². The second-order valence-corrected chi connectivity index (χ2v) is 9.93. The zero-order chi connectivity index (χ0) is 18.0. The quantitative estimate of drug-likeness (QED) is 0.876. The standard InChI is InChI=1S/C17H20N2O5S/c1-17(8-10-6-7-11(9-17)25(10,22)23)15(20)18-12-4-3-5-13-14(12)24-16(21)19(13)2/h3-5,10-11H,6-9H2,1-2H3,(H,18,20). The largest absolute Gasteiger partial charge is 0.419 e. The van der Waals surface area contributed by atoms with Crippen molar-refractivity contribution in [2.75, 3.05) is 5.32 Å². The smallest absolute Gasteiger partial charge is 0.405 e. The average molecular weight is 364 g/mol. The summed E-state index contributed by atoms with van der Waals surface area (Å²) in [6.07, 6.45) is 1.96. The lowest BCUT2D eigenvalue weighted by atomic mass is 9.81. The molecular formula is C17H20N2O5S. The highest BCUT2D eigenvalue weighted by atomic mass is 32.2. The van der Waals surface area contributed by atoms with Gasteiger partial charge in [0, 0.05) is 12.5 Å². The number of nitrogens with zero attached hydrogens (tertiary/aromatic N) is 1. The van der Waals surface area contributed by atoms with Gasteiger partial charge in [0.15, 0.2) is 15.4 Å². The Bertz CT molecular complexity index is 1010. The molecule has 134 valence electrons. The molecule has 1 N–H and O–H groups in total. The van der Waals surface area contributed by atoms with Crippen molar-refractivity contribution in [3.63, 3.8) is 0 Å². The van der Waals surface area contributed by atoms with Gasteiger partial charge >= 0.3 is 5.76 Å². The zero-order valence-electron chi connectivity index (χ0n) is 14.1. The van der Waals surface area contributed by atoms with Crippen LogP contribution in [0.2, 0.25) is 0 Å². The van der Waals surface area contributed by atoms with Crippen LogP contribution in [0, 0.1) is 5.41 Å². The maximum Gasteiger partial charge on any atom is 0.419 e. The van der Waals surface area contributed by atoms with Crippen LogP contribution in [0.5, 0.6) is 0 Å². The molecule has 3 heterocycles. The lowest BCUT2D eigenvalue weighted by molar-refractivity contribution is -0.125. The Morgan fingerprint density at radius 2 is 1.92 bits per heavy atom. The topological polar surface area (TPSA) is 98.4 Å². The van der Waals surface area contributed by atoms with Gasteiger partial charge in [-0.25, -0.2) is 13.2 Å². The number of hydrogen-bond donors (Lipinski definition) is 1. The number of fused-ring (bicyclic) bond motifs is 3. The van der Waals surface area contributed by atoms with E-state index in [1.807, 2.05) is 6.92 Å². The van der Waals surface area contributed by atoms with Crippen molar-refractivity contribution in [3.05, 3.63) is 28.7 Å². The summed E-state index contributed by atoms with van der Waals surface area (Å²) in [5.41, 5.74) is 0.619. The van der Waals surface area contributed by atoms with E-state index in [9.17, 15) is 18.0 Å². The van der Waals surface area contributed by atoms with Crippen molar-refractivity contribution in [2.24, 2.45) is 12.5 Å². The van der Waals surface area contributed by atoms with Gasteiger partial charge in [0.25, 0.3) is 0 Å². The number of amides is 1. The van der Waals surface area contributed by atoms with Crippen LogP contribution in [0.15, 0.2) is 27.4 Å². The van der Waals surface area contributed by atoms with Crippen LogP contribution in [-0.4, -0.2) is 29.4 Å². The van der Waals surface area contributed by atoms with Crippen LogP contribution in [0.3, 0.4) is 0 Å². The van der Waals surface area contributed by atoms with E-state index in [2.05, 4.69) is 5.32 Å². The average Bonchev–Trinajstić information content (AvgIpc) is 2.90. The van der Waals surface area contributed by atoms with E-state index in [1.165, 1.54) is 4.57 Å². The second kappa shape index (κ2) is 5.20. The molecule has 2 unspecified atom stereocenters. The summed E-state index contributed by atoms with van der Waals surface area (Å²) in [5.74, 6) is -0.719. The van der Waals surface area contributed by atoms with Gasteiger partial charge in [0.05, 0.1) is 21.7 Å². The van der Waals surface area contributed by atoms with E-state index in [1.54, 1.807) is 25.2 Å². The molecule has 0 saturated carbocycles. The fraction of sp³-hybridized carbons (Fsp3) is 0.529. The third-order valence-electron chi connectivity index (χ3n) is 5.71. The molecule has 2 saturated heterocycles. The number of para-hydroxylation sites is 1. The SMILES string of the molecule is Cn1c(=O)oc2c(NC(=O)C3(C)CC4CCC(C3)S4(=O)=O)cccc21. The van der Waals surface area contributed by atoms with Gasteiger partial charge in [0.2, 0.25) is 5.91 Å². The Labute approximate surface area is 144 Å². The van der Waals surface area contributed by atoms with Crippen molar-refractivity contribution < 1.29 is 17.6 Å². The monoisotopic (exact) mass is 364 g/mol. The lowest BCUT2D eigenvalue weighted by Crippen LogP contribution is -2.45. The van der Waals surface area contributed by atoms with Gasteiger partial charge in [0.1, 0.15) is 0 Å². The molecule has 8 heteroatoms. The summed E-state index contributed by atoms with van der Waals surface area (Å²) in [5, 5.41) is 2.00. The Hall–Kier alpha value is -2.09. The number of hydrogen-bond acceptors (Lipinski definition) is 5. The summed E-state index contributed by atoms with van der Waals surface area (Å²) in [6.45, 7) is 1.82. The first-order chi connectivity index (χ1) is 11.7. The molecule has 1 aromatic heterocycles. The highest BCUT2D eigenvalue weighted by Crippen LogP contribution is 2.48. The summed E-state index contributed by atoms with van der Waals surface area (Å²) < 4.78 is 31.2. The molecule has 0 spiro atoms. The van der Waals surface area contributed by atoms with Crippen molar-refractivity contribution in [2.45, 2.75) is 43.1 Å². The Balaban J connectivity index is 1.65. The number of anilines is 1. The van der Waals surface area contributed by atoms with Crippen LogP contribution >= 0.6 is 0 Å². The van der Waals surface area contributed by atoms with Crippen LogP contribution in [0.4, 0.5) is 5.69 Å². The number of benzene rings is 1. The zero-order valence-corrected chi connectivity index (χ0v) is 14.9. The maximum atomic E-state index is 12.9. The fourth-order valence-corrected chi connectivity index (χ4v) is 6.88. The molecule has 1 amide bonds. The summed E-state index contributed by atoms with van der Waals surface area (Å²) in [4.78, 5) is 24.6. The first-order valence-corrected chi connectivity index (χ1v) is 9.96. The molecule has 2 atom stereocenters. The Kier molecular flexibility index (Phi) is 3.41. The minimum Gasteiger partial charge on any atom is -0.405 e. The minimum atomic E-state index is -3.09. The number of rotatable bonds is 2. The number of nitrogens with one attached hydrogen (secondary N) is 1. The number of carbonyl (C=O) groups is 1. The van der Waals surface area contributed by atoms with Gasteiger partial charge in [-0.3, -0.25) is 9.36 Å². The molecule has 2 aliphatic rings. The predicted molar refractivity (Wildman–Crippen MR) is 93.2 cm³/mol. The van der Waals surface area contributed by atoms with Crippen molar-refractivity contribution in [1.82, 2.24) is 4.57 Å². The van der Waals surface area contributed by atoms with E-state index in [0.717, 1.165) is 0 Å². The second-order valence-electron chi connectivity index (χ2n) is 7.41. The predicted octanol–water partition coefficient (Wildman–Crippen LogP) is 1.82. The van der Waals surface area contributed by atoms with Gasteiger partial charge in [-0.05, 0) is 37.8 Å². The molecular weight excluding hydrogens is 344 g/mol. The number of aromatic nitrogens is 1. The molecule has 0 radical (unpaired) electrons. The summed E-state index contributed by atoms with van der Waals surface area (Å²) in [7, 11) is -1.48. The lowest BCUT2D eigenvalue weighted by Gasteiger charge is -2.36. The minimum absolute atomic E-state index is 0.224. The van der Waals surface area contributed by atoms with Crippen LogP contribution in [0.1, 0.15) is 32.6 Å². The Morgan fingerprint density at radius 3 is 2.56 bits per heavy atom. The normalized spacial score (nSPS) is 30.5. The molecule has 0 aliphatic carbocycles. The molecule has 7 nitrogen and oxygen atoms in total. The van der Waals surface area contributed by atoms with Crippen LogP contribution in [-0.2, 0) is 21.7 Å². The van der Waals surface area contributed by atoms with Crippen molar-refractivity contribution >= 4 is 32.5 Å². The molecule has 2 bridgehead atoms. The van der Waals surface area contributed by atoms with E-state index in [-0.39, 0.29) is 5.91 Å². The number of oxazole rings is 1. The van der Waals surface area contributed by atoms with Crippen molar-refractivity contribution in [1.29, 1.82) is 0 Å². The van der Waals surface area contributed by atoms with E-state index >= 15 is 0 Å². The number of carbonyl (C=O) groups excluding carboxylic acids is 1. The number of aryl methyl sites for hydroxylation is 1. The molecule has 2 fully saturated rings. The van der Waals surface area contributed by atoms with E-state index < -0.39 is 31.5 Å². The first-order valence-electron chi connectivity index (χ1n) is 8.35. The third-order valence-corrected chi connectivity index (χ3v) is 8.37. The maximum absolute atomic E-state index is 12.9. The molecule has 25 heavy (non-hydrogen) atoms. The first kappa shape index (κ1) is 16.4. The molecule has 4 rings (SSSR count). The summed E-state index contributed by atoms with van der Waals surface area (Å²) in [6, 6.07) is 5.16. The van der Waals surface area contributed by atoms with Crippen LogP contribution < -0.4 is 11.1 Å². The molecule has 2 aliphatic heterocycles. The fourth-order valence-electron chi connectivity index (χ4n) is 4.20. The Morgan fingerprint density at radius 1 is 1.28 bits per heavy atom. The van der Waals surface area contributed by atoms with E-state index in [4.69, 9.17) is 4.42 Å². The third kappa shape index (κ3) is 2.34. The van der Waals surface area contributed by atoms with Crippen molar-refractivity contribution in [3.8, 4) is 0 Å². The van der Waals surface area contributed by atoms with Gasteiger partial charge < -0.3 is 9.73 Å². The summed E-state index contributed by atoms with van der Waals surface area (Å²) >= 11 is 0. The van der Waals surface area contributed by atoms with Gasteiger partial charge in [-0.15, -0.1) is 0 Å². The van der Waals surface area contributed by atoms with E-state index in [0.29, 0.717) is 42.5 Å². The molecule has 1 aromatic carbocycles. The highest BCUT2D eigenvalue weighted by Gasteiger charge is 2.54. The number of sulfone groups is 1. The van der Waals surface area contributed by atoms with Crippen LogP contribution in [0.25, 0.3) is 11.1 Å². The molecule has 2 aromatic rings.